The fraction of sp³-hybridized carbons (Fsp3) is 0.400. The Labute approximate surface area is 170 Å². The van der Waals surface area contributed by atoms with Gasteiger partial charge in [-0.25, -0.2) is 8.42 Å². The van der Waals surface area contributed by atoms with Crippen LogP contribution in [-0.4, -0.2) is 37.8 Å². The van der Waals surface area contributed by atoms with E-state index in [1.54, 1.807) is 19.2 Å². The summed E-state index contributed by atoms with van der Waals surface area (Å²) in [6, 6.07) is 11.4. The topological polar surface area (TPSA) is 102 Å². The standard InChI is InChI=1S/C20H25N3O5S/c1-15-4-3-11-22(14-15)29(26,27)18-9-10-19(20(12-18)23(24)25)21-13-16-5-7-17(28-2)8-6-16/h5-10,12,15,21H,3-4,11,13-14H2,1-2H3/t15-/m0/s1. The molecule has 2 aromatic carbocycles. The number of nitrogens with zero attached hydrogens (tertiary/aromatic N) is 2. The first-order valence-electron chi connectivity index (χ1n) is 9.46. The Hall–Kier alpha value is -2.65. The lowest BCUT2D eigenvalue weighted by molar-refractivity contribution is -0.384. The molecule has 8 nitrogen and oxygen atoms in total. The smallest absolute Gasteiger partial charge is 0.293 e. The minimum Gasteiger partial charge on any atom is -0.497 e. The van der Waals surface area contributed by atoms with E-state index in [1.807, 2.05) is 19.1 Å². The number of methoxy groups -OCH3 is 1. The molecule has 1 fully saturated rings. The van der Waals surface area contributed by atoms with Crippen molar-refractivity contribution >= 4 is 21.4 Å². The number of nitrogens with one attached hydrogen (secondary N) is 1. The Kier molecular flexibility index (Phi) is 6.39. The van der Waals surface area contributed by atoms with Crippen LogP contribution in [0.5, 0.6) is 5.75 Å². The van der Waals surface area contributed by atoms with Crippen molar-refractivity contribution in [3.8, 4) is 5.75 Å². The first-order chi connectivity index (χ1) is 13.8. The zero-order chi connectivity index (χ0) is 21.0. The Morgan fingerprint density at radius 2 is 1.97 bits per heavy atom. The minimum absolute atomic E-state index is 0.0479. The summed E-state index contributed by atoms with van der Waals surface area (Å²) in [5.41, 5.74) is 0.931. The number of sulfonamides is 1. The van der Waals surface area contributed by atoms with Gasteiger partial charge >= 0.3 is 0 Å². The summed E-state index contributed by atoms with van der Waals surface area (Å²) in [4.78, 5) is 11.0. The number of nitro benzene ring substituents is 1. The van der Waals surface area contributed by atoms with Crippen LogP contribution in [0.2, 0.25) is 0 Å². The molecule has 156 valence electrons. The van der Waals surface area contributed by atoms with Gasteiger partial charge in [0.05, 0.1) is 16.9 Å². The maximum absolute atomic E-state index is 12.9. The molecule has 2 aromatic rings. The van der Waals surface area contributed by atoms with Gasteiger partial charge in [0.15, 0.2) is 0 Å². The van der Waals surface area contributed by atoms with Crippen molar-refractivity contribution in [1.29, 1.82) is 0 Å². The van der Waals surface area contributed by atoms with E-state index in [9.17, 15) is 18.5 Å². The van der Waals surface area contributed by atoms with Crippen LogP contribution >= 0.6 is 0 Å². The van der Waals surface area contributed by atoms with Crippen molar-refractivity contribution in [3.63, 3.8) is 0 Å². The highest BCUT2D eigenvalue weighted by Gasteiger charge is 2.30. The van der Waals surface area contributed by atoms with Crippen LogP contribution in [0.25, 0.3) is 0 Å². The lowest BCUT2D eigenvalue weighted by Crippen LogP contribution is -2.39. The average molecular weight is 420 g/mol. The van der Waals surface area contributed by atoms with Gasteiger partial charge in [-0.3, -0.25) is 10.1 Å². The predicted molar refractivity (Wildman–Crippen MR) is 111 cm³/mol. The molecule has 1 heterocycles. The lowest BCUT2D eigenvalue weighted by Gasteiger charge is -2.30. The van der Waals surface area contributed by atoms with E-state index in [0.717, 1.165) is 30.2 Å². The fourth-order valence-electron chi connectivity index (χ4n) is 3.43. The van der Waals surface area contributed by atoms with Gasteiger partial charge < -0.3 is 10.1 Å². The first-order valence-corrected chi connectivity index (χ1v) is 10.9. The first kappa shape index (κ1) is 21.1. The summed E-state index contributed by atoms with van der Waals surface area (Å²) >= 11 is 0. The third-order valence-electron chi connectivity index (χ3n) is 5.07. The van der Waals surface area contributed by atoms with Crippen LogP contribution in [0.15, 0.2) is 47.4 Å². The Balaban J connectivity index is 1.82. The number of hydrogen-bond donors (Lipinski definition) is 1. The minimum atomic E-state index is -3.76. The highest BCUT2D eigenvalue weighted by Crippen LogP contribution is 2.31. The summed E-state index contributed by atoms with van der Waals surface area (Å²) in [7, 11) is -2.18. The molecule has 0 aliphatic carbocycles. The van der Waals surface area contributed by atoms with Gasteiger partial charge in [-0.15, -0.1) is 0 Å². The summed E-state index contributed by atoms with van der Waals surface area (Å²) < 4.78 is 32.4. The van der Waals surface area contributed by atoms with Crippen LogP contribution in [-0.2, 0) is 16.6 Å². The molecule has 1 N–H and O–H groups in total. The maximum Gasteiger partial charge on any atom is 0.293 e. The van der Waals surface area contributed by atoms with Crippen molar-refractivity contribution in [2.45, 2.75) is 31.2 Å². The summed E-state index contributed by atoms with van der Waals surface area (Å²) in [6.07, 6.45) is 1.78. The Morgan fingerprint density at radius 1 is 1.24 bits per heavy atom. The molecule has 29 heavy (non-hydrogen) atoms. The van der Waals surface area contributed by atoms with Crippen molar-refractivity contribution < 1.29 is 18.1 Å². The number of anilines is 1. The third kappa shape index (κ3) is 4.86. The summed E-state index contributed by atoms with van der Waals surface area (Å²) in [5, 5.41) is 14.6. The molecular weight excluding hydrogens is 394 g/mol. The van der Waals surface area contributed by atoms with Crippen LogP contribution in [0.4, 0.5) is 11.4 Å². The van der Waals surface area contributed by atoms with E-state index < -0.39 is 14.9 Å². The molecule has 3 rings (SSSR count). The molecule has 1 aliphatic heterocycles. The molecule has 0 unspecified atom stereocenters. The van der Waals surface area contributed by atoms with Gasteiger partial charge in [-0.1, -0.05) is 19.1 Å². The molecule has 0 aromatic heterocycles. The number of hydrogen-bond acceptors (Lipinski definition) is 6. The zero-order valence-corrected chi connectivity index (χ0v) is 17.3. The van der Waals surface area contributed by atoms with Gasteiger partial charge in [0.1, 0.15) is 11.4 Å². The number of ether oxygens (including phenoxy) is 1. The SMILES string of the molecule is COc1ccc(CNc2ccc(S(=O)(=O)N3CCC[C@H](C)C3)cc2[N+](=O)[O-])cc1. The molecular formula is C20H25N3O5S. The van der Waals surface area contributed by atoms with Crippen molar-refractivity contribution in [1.82, 2.24) is 4.31 Å². The van der Waals surface area contributed by atoms with Crippen molar-refractivity contribution in [3.05, 3.63) is 58.1 Å². The van der Waals surface area contributed by atoms with E-state index in [1.165, 1.54) is 16.4 Å². The summed E-state index contributed by atoms with van der Waals surface area (Å²) in [5.74, 6) is 1.00. The molecule has 9 heteroatoms. The molecule has 1 atom stereocenters. The lowest BCUT2D eigenvalue weighted by atomic mass is 10.0. The molecule has 0 spiro atoms. The van der Waals surface area contributed by atoms with Crippen LogP contribution in [0.1, 0.15) is 25.3 Å². The monoisotopic (exact) mass is 419 g/mol. The highest BCUT2D eigenvalue weighted by atomic mass is 32.2. The number of piperidine rings is 1. The van der Waals surface area contributed by atoms with Crippen LogP contribution < -0.4 is 10.1 Å². The van der Waals surface area contributed by atoms with Crippen molar-refractivity contribution in [2.24, 2.45) is 5.92 Å². The predicted octanol–water partition coefficient (Wildman–Crippen LogP) is 3.64. The van der Waals surface area contributed by atoms with Gasteiger partial charge in [-0.05, 0) is 48.6 Å². The second-order valence-electron chi connectivity index (χ2n) is 7.25. The molecule has 1 aliphatic rings. The van der Waals surface area contributed by atoms with Gasteiger partial charge in [0.25, 0.3) is 5.69 Å². The number of rotatable bonds is 7. The largest absolute Gasteiger partial charge is 0.497 e. The number of nitro groups is 1. The quantitative estimate of drug-likeness (QED) is 0.543. The fourth-order valence-corrected chi connectivity index (χ4v) is 5.05. The van der Waals surface area contributed by atoms with Gasteiger partial charge in [0.2, 0.25) is 10.0 Å². The summed E-state index contributed by atoms with van der Waals surface area (Å²) in [6.45, 7) is 3.25. The molecule has 0 radical (unpaired) electrons. The second kappa shape index (κ2) is 8.79. The molecule has 0 bridgehead atoms. The Morgan fingerprint density at radius 3 is 2.59 bits per heavy atom. The number of benzene rings is 2. The normalized spacial score (nSPS) is 17.7. The molecule has 0 saturated carbocycles. The second-order valence-corrected chi connectivity index (χ2v) is 9.19. The van der Waals surface area contributed by atoms with Crippen LogP contribution in [0, 0.1) is 16.0 Å². The molecule has 1 saturated heterocycles. The van der Waals surface area contributed by atoms with Gasteiger partial charge in [-0.2, -0.15) is 4.31 Å². The van der Waals surface area contributed by atoms with E-state index in [4.69, 9.17) is 4.74 Å². The molecule has 0 amide bonds. The Bertz CT molecular complexity index is 976. The highest BCUT2D eigenvalue weighted by molar-refractivity contribution is 7.89. The average Bonchev–Trinajstić information content (AvgIpc) is 2.72. The van der Waals surface area contributed by atoms with E-state index in [2.05, 4.69) is 5.32 Å². The van der Waals surface area contributed by atoms with Gasteiger partial charge in [0, 0.05) is 25.7 Å². The van der Waals surface area contributed by atoms with Crippen molar-refractivity contribution in [2.75, 3.05) is 25.5 Å². The maximum atomic E-state index is 12.9. The van der Waals surface area contributed by atoms with E-state index in [0.29, 0.717) is 19.6 Å². The zero-order valence-electron chi connectivity index (χ0n) is 16.5. The van der Waals surface area contributed by atoms with Crippen LogP contribution in [0.3, 0.4) is 0 Å². The van der Waals surface area contributed by atoms with E-state index in [-0.39, 0.29) is 22.2 Å². The third-order valence-corrected chi connectivity index (χ3v) is 6.93. The van der Waals surface area contributed by atoms with E-state index >= 15 is 0 Å².